The number of benzene rings is 1. The fourth-order valence-electron chi connectivity index (χ4n) is 2.38. The Morgan fingerprint density at radius 3 is 3.05 bits per heavy atom. The van der Waals surface area contributed by atoms with E-state index in [1.807, 2.05) is 6.07 Å². The normalized spacial score (nSPS) is 22.1. The number of rotatable bonds is 2. The Kier molecular flexibility index (Phi) is 3.56. The number of aliphatic hydroxyl groups excluding tert-OH is 1. The molecule has 3 N–H and O–H groups in total. The molecule has 0 aliphatic carbocycles. The number of aliphatic hydroxyl groups is 1. The maximum absolute atomic E-state index is 12.2. The van der Waals surface area contributed by atoms with E-state index in [1.165, 1.54) is 0 Å². The highest BCUT2D eigenvalue weighted by Gasteiger charge is 2.28. The minimum atomic E-state index is -0.464. The van der Waals surface area contributed by atoms with Crippen LogP contribution in [0.3, 0.4) is 0 Å². The van der Waals surface area contributed by atoms with Gasteiger partial charge in [0.15, 0.2) is 0 Å². The molecule has 1 aliphatic rings. The van der Waals surface area contributed by atoms with Crippen molar-refractivity contribution in [1.29, 1.82) is 0 Å². The Labute approximate surface area is 121 Å². The monoisotopic (exact) mass is 291 g/mol. The van der Waals surface area contributed by atoms with Gasteiger partial charge >= 0.3 is 0 Å². The first-order valence-electron chi connectivity index (χ1n) is 6.40. The summed E-state index contributed by atoms with van der Waals surface area (Å²) in [7, 11) is 0. The standard InChI is InChI=1S/C14H14ClN3O2/c15-10-3-4-11(9-2-1-5-16-13(9)10)18-14(20)12-6-8(19)7-17-12/h1-5,8,12,17,19H,6-7H2,(H,18,20). The summed E-state index contributed by atoms with van der Waals surface area (Å²) < 4.78 is 0. The number of hydrogen-bond donors (Lipinski definition) is 3. The molecule has 2 unspecified atom stereocenters. The van der Waals surface area contributed by atoms with Crippen molar-refractivity contribution in [2.75, 3.05) is 11.9 Å². The summed E-state index contributed by atoms with van der Waals surface area (Å²) in [5.74, 6) is -0.158. The van der Waals surface area contributed by atoms with Gasteiger partial charge in [0, 0.05) is 18.1 Å². The average molecular weight is 292 g/mol. The first-order chi connectivity index (χ1) is 9.65. The number of carbonyl (C=O) groups is 1. The van der Waals surface area contributed by atoms with Crippen LogP contribution in [0.1, 0.15) is 6.42 Å². The number of aromatic nitrogens is 1. The van der Waals surface area contributed by atoms with Gasteiger partial charge in [0.05, 0.1) is 28.4 Å². The first kappa shape index (κ1) is 13.3. The molecule has 3 rings (SSSR count). The van der Waals surface area contributed by atoms with Gasteiger partial charge in [-0.25, -0.2) is 0 Å². The molecule has 0 bridgehead atoms. The smallest absolute Gasteiger partial charge is 0.241 e. The molecule has 1 aromatic carbocycles. The lowest BCUT2D eigenvalue weighted by atomic mass is 10.1. The van der Waals surface area contributed by atoms with Crippen LogP contribution in [-0.4, -0.2) is 34.7 Å². The minimum absolute atomic E-state index is 0.158. The van der Waals surface area contributed by atoms with E-state index in [-0.39, 0.29) is 11.9 Å². The zero-order valence-corrected chi connectivity index (χ0v) is 11.4. The number of anilines is 1. The summed E-state index contributed by atoms with van der Waals surface area (Å²) >= 11 is 6.09. The second-order valence-corrected chi connectivity index (χ2v) is 5.24. The Bertz CT molecular complexity index is 662. The van der Waals surface area contributed by atoms with Crippen LogP contribution < -0.4 is 10.6 Å². The maximum atomic E-state index is 12.2. The molecule has 2 atom stereocenters. The summed E-state index contributed by atoms with van der Waals surface area (Å²) in [6.45, 7) is 0.445. The molecule has 104 valence electrons. The van der Waals surface area contributed by atoms with E-state index in [0.29, 0.717) is 29.2 Å². The summed E-state index contributed by atoms with van der Waals surface area (Å²) in [6, 6.07) is 6.76. The van der Waals surface area contributed by atoms with Gasteiger partial charge in [-0.3, -0.25) is 9.78 Å². The summed E-state index contributed by atoms with van der Waals surface area (Å²) in [5, 5.41) is 16.6. The number of nitrogens with zero attached hydrogens (tertiary/aromatic N) is 1. The van der Waals surface area contributed by atoms with Gasteiger partial charge in [0.1, 0.15) is 0 Å². The van der Waals surface area contributed by atoms with E-state index in [4.69, 9.17) is 11.6 Å². The summed E-state index contributed by atoms with van der Waals surface area (Å²) in [5.41, 5.74) is 1.33. The highest BCUT2D eigenvalue weighted by Crippen LogP contribution is 2.28. The molecule has 0 saturated carbocycles. The third-order valence-corrected chi connectivity index (χ3v) is 3.71. The van der Waals surface area contributed by atoms with Crippen molar-refractivity contribution >= 4 is 34.1 Å². The molecule has 0 radical (unpaired) electrons. The molecule has 5 nitrogen and oxygen atoms in total. The van der Waals surface area contributed by atoms with Crippen LogP contribution in [-0.2, 0) is 4.79 Å². The van der Waals surface area contributed by atoms with Gasteiger partial charge in [0.25, 0.3) is 0 Å². The Hall–Kier alpha value is -1.69. The largest absolute Gasteiger partial charge is 0.392 e. The van der Waals surface area contributed by atoms with Crippen molar-refractivity contribution in [2.45, 2.75) is 18.6 Å². The fraction of sp³-hybridized carbons (Fsp3) is 0.286. The highest BCUT2D eigenvalue weighted by atomic mass is 35.5. The molecule has 1 aliphatic heterocycles. The molecule has 1 saturated heterocycles. The first-order valence-corrected chi connectivity index (χ1v) is 6.78. The van der Waals surface area contributed by atoms with Gasteiger partial charge < -0.3 is 15.7 Å². The van der Waals surface area contributed by atoms with Crippen molar-refractivity contribution in [3.8, 4) is 0 Å². The molecule has 1 amide bonds. The Balaban J connectivity index is 1.88. The van der Waals surface area contributed by atoms with Crippen LogP contribution in [0.2, 0.25) is 5.02 Å². The van der Waals surface area contributed by atoms with Gasteiger partial charge in [-0.1, -0.05) is 11.6 Å². The second kappa shape index (κ2) is 5.36. The number of β-amino-alcohol motifs (C(OH)–C–C–N with tert-alkyl or cyclic N) is 1. The van der Waals surface area contributed by atoms with E-state index in [1.54, 1.807) is 24.4 Å². The van der Waals surface area contributed by atoms with Crippen molar-refractivity contribution in [3.63, 3.8) is 0 Å². The van der Waals surface area contributed by atoms with Crippen LogP contribution in [0.25, 0.3) is 10.9 Å². The molecule has 20 heavy (non-hydrogen) atoms. The maximum Gasteiger partial charge on any atom is 0.241 e. The summed E-state index contributed by atoms with van der Waals surface area (Å²) in [6.07, 6.45) is 1.62. The van der Waals surface area contributed by atoms with E-state index in [9.17, 15) is 9.90 Å². The number of pyridine rings is 1. The van der Waals surface area contributed by atoms with Crippen LogP contribution in [0.5, 0.6) is 0 Å². The molecular weight excluding hydrogens is 278 g/mol. The zero-order chi connectivity index (χ0) is 14.1. The van der Waals surface area contributed by atoms with E-state index < -0.39 is 6.10 Å². The third-order valence-electron chi connectivity index (χ3n) is 3.40. The van der Waals surface area contributed by atoms with Gasteiger partial charge in [-0.05, 0) is 30.7 Å². The number of carbonyl (C=O) groups excluding carboxylic acids is 1. The molecule has 6 heteroatoms. The van der Waals surface area contributed by atoms with E-state index in [2.05, 4.69) is 15.6 Å². The number of nitrogens with one attached hydrogen (secondary N) is 2. The van der Waals surface area contributed by atoms with Crippen LogP contribution >= 0.6 is 11.6 Å². The third kappa shape index (κ3) is 2.47. The highest BCUT2D eigenvalue weighted by molar-refractivity contribution is 6.35. The predicted molar refractivity (Wildman–Crippen MR) is 77.8 cm³/mol. The topological polar surface area (TPSA) is 74.2 Å². The second-order valence-electron chi connectivity index (χ2n) is 4.83. The number of amides is 1. The lowest BCUT2D eigenvalue weighted by Gasteiger charge is -2.13. The van der Waals surface area contributed by atoms with Crippen LogP contribution in [0, 0.1) is 0 Å². The van der Waals surface area contributed by atoms with Crippen molar-refractivity contribution < 1.29 is 9.90 Å². The number of fused-ring (bicyclic) bond motifs is 1. The molecule has 1 aromatic heterocycles. The lowest BCUT2D eigenvalue weighted by Crippen LogP contribution is -2.35. The van der Waals surface area contributed by atoms with Gasteiger partial charge in [-0.15, -0.1) is 0 Å². The average Bonchev–Trinajstić information content (AvgIpc) is 2.89. The SMILES string of the molecule is O=C(Nc1ccc(Cl)c2ncccc12)C1CC(O)CN1. The van der Waals surface area contributed by atoms with Crippen LogP contribution in [0.4, 0.5) is 5.69 Å². The van der Waals surface area contributed by atoms with Crippen LogP contribution in [0.15, 0.2) is 30.5 Å². The quantitative estimate of drug-likeness (QED) is 0.785. The number of halogens is 1. The molecule has 2 heterocycles. The summed E-state index contributed by atoms with van der Waals surface area (Å²) in [4.78, 5) is 16.4. The van der Waals surface area contributed by atoms with Gasteiger partial charge in [0.2, 0.25) is 5.91 Å². The fourth-order valence-corrected chi connectivity index (χ4v) is 2.60. The van der Waals surface area contributed by atoms with E-state index in [0.717, 1.165) is 5.39 Å². The van der Waals surface area contributed by atoms with E-state index >= 15 is 0 Å². The molecule has 2 aromatic rings. The lowest BCUT2D eigenvalue weighted by molar-refractivity contribution is -0.117. The Morgan fingerprint density at radius 2 is 2.30 bits per heavy atom. The van der Waals surface area contributed by atoms with Crippen molar-refractivity contribution in [3.05, 3.63) is 35.5 Å². The Morgan fingerprint density at radius 1 is 1.45 bits per heavy atom. The molecular formula is C14H14ClN3O2. The number of hydrogen-bond acceptors (Lipinski definition) is 4. The predicted octanol–water partition coefficient (Wildman–Crippen LogP) is 1.55. The van der Waals surface area contributed by atoms with Gasteiger partial charge in [-0.2, -0.15) is 0 Å². The van der Waals surface area contributed by atoms with Crippen molar-refractivity contribution in [2.24, 2.45) is 0 Å². The zero-order valence-electron chi connectivity index (χ0n) is 10.6. The molecule has 0 spiro atoms. The van der Waals surface area contributed by atoms with Crippen molar-refractivity contribution in [1.82, 2.24) is 10.3 Å². The minimum Gasteiger partial charge on any atom is -0.392 e. The molecule has 1 fully saturated rings.